The van der Waals surface area contributed by atoms with Crippen LogP contribution in [0.15, 0.2) is 48.5 Å². The zero-order valence-electron chi connectivity index (χ0n) is 12.1. The first-order chi connectivity index (χ1) is 10.3. The lowest BCUT2D eigenvalue weighted by Crippen LogP contribution is -2.09. The number of para-hydroxylation sites is 1. The van der Waals surface area contributed by atoms with Gasteiger partial charge in [-0.25, -0.2) is 4.98 Å². The summed E-state index contributed by atoms with van der Waals surface area (Å²) in [6.07, 6.45) is 0. The summed E-state index contributed by atoms with van der Waals surface area (Å²) >= 11 is 6.11. The Morgan fingerprint density at radius 2 is 1.90 bits per heavy atom. The fourth-order valence-corrected chi connectivity index (χ4v) is 2.90. The fourth-order valence-electron chi connectivity index (χ4n) is 2.71. The Kier molecular flexibility index (Phi) is 3.84. The van der Waals surface area contributed by atoms with Crippen LogP contribution in [0.2, 0.25) is 0 Å². The number of hydrogen-bond donors (Lipinski definition) is 0. The second-order valence-corrected chi connectivity index (χ2v) is 5.21. The Morgan fingerprint density at radius 1 is 1.14 bits per heavy atom. The largest absolute Gasteiger partial charge is 0.494 e. The molecule has 0 amide bonds. The van der Waals surface area contributed by atoms with Crippen molar-refractivity contribution in [2.75, 3.05) is 7.11 Å². The molecule has 0 aliphatic heterocycles. The molecule has 4 heteroatoms. The van der Waals surface area contributed by atoms with Crippen LogP contribution in [0.4, 0.5) is 0 Å². The third-order valence-electron chi connectivity index (χ3n) is 3.76. The van der Waals surface area contributed by atoms with Gasteiger partial charge >= 0.3 is 0 Å². The summed E-state index contributed by atoms with van der Waals surface area (Å²) < 4.78 is 7.59. The quantitative estimate of drug-likeness (QED) is 0.668. The maximum absolute atomic E-state index is 6.11. The van der Waals surface area contributed by atoms with E-state index >= 15 is 0 Å². The number of alkyl halides is 1. The molecule has 3 aromatic rings. The summed E-state index contributed by atoms with van der Waals surface area (Å²) in [5, 5.41) is 0. The van der Waals surface area contributed by atoms with Crippen molar-refractivity contribution in [2.24, 2.45) is 0 Å². The molecular weight excluding hydrogens is 284 g/mol. The van der Waals surface area contributed by atoms with Gasteiger partial charge in [0.05, 0.1) is 24.5 Å². The van der Waals surface area contributed by atoms with Gasteiger partial charge in [0.15, 0.2) is 0 Å². The van der Waals surface area contributed by atoms with E-state index in [9.17, 15) is 0 Å². The monoisotopic (exact) mass is 300 g/mol. The van der Waals surface area contributed by atoms with E-state index in [0.29, 0.717) is 5.88 Å². The molecule has 21 heavy (non-hydrogen) atoms. The van der Waals surface area contributed by atoms with Crippen LogP contribution in [0.1, 0.15) is 24.4 Å². The molecule has 0 bridgehead atoms. The maximum atomic E-state index is 6.11. The molecule has 0 aliphatic carbocycles. The van der Waals surface area contributed by atoms with Crippen molar-refractivity contribution in [2.45, 2.75) is 18.8 Å². The molecule has 0 N–H and O–H groups in total. The van der Waals surface area contributed by atoms with Crippen LogP contribution in [-0.2, 0) is 5.88 Å². The Hall–Kier alpha value is -2.00. The van der Waals surface area contributed by atoms with E-state index in [-0.39, 0.29) is 6.04 Å². The van der Waals surface area contributed by atoms with Crippen molar-refractivity contribution < 1.29 is 4.74 Å². The van der Waals surface area contributed by atoms with Crippen LogP contribution < -0.4 is 4.74 Å². The minimum Gasteiger partial charge on any atom is -0.494 e. The number of fused-ring (bicyclic) bond motifs is 1. The van der Waals surface area contributed by atoms with E-state index in [0.717, 1.165) is 22.6 Å². The molecular formula is C17H17ClN2O. The minimum absolute atomic E-state index is 0.164. The highest BCUT2D eigenvalue weighted by atomic mass is 35.5. The summed E-state index contributed by atoms with van der Waals surface area (Å²) in [5.41, 5.74) is 3.13. The van der Waals surface area contributed by atoms with Gasteiger partial charge in [0.1, 0.15) is 17.1 Å². The van der Waals surface area contributed by atoms with E-state index in [2.05, 4.69) is 34.7 Å². The Morgan fingerprint density at radius 3 is 2.57 bits per heavy atom. The molecule has 1 heterocycles. The lowest BCUT2D eigenvalue weighted by Gasteiger charge is -2.17. The number of aromatic nitrogens is 2. The van der Waals surface area contributed by atoms with Crippen LogP contribution in [0.25, 0.3) is 11.0 Å². The Labute approximate surface area is 129 Å². The van der Waals surface area contributed by atoms with E-state index in [1.54, 1.807) is 7.11 Å². The molecule has 3 rings (SSSR count). The highest BCUT2D eigenvalue weighted by Gasteiger charge is 2.18. The molecule has 2 aromatic carbocycles. The lowest BCUT2D eigenvalue weighted by atomic mass is 10.1. The number of rotatable bonds is 4. The van der Waals surface area contributed by atoms with Crippen LogP contribution in [0.3, 0.4) is 0 Å². The number of hydrogen-bond acceptors (Lipinski definition) is 2. The molecule has 3 nitrogen and oxygen atoms in total. The summed E-state index contributed by atoms with van der Waals surface area (Å²) in [4.78, 5) is 4.65. The van der Waals surface area contributed by atoms with Crippen LogP contribution in [0, 0.1) is 0 Å². The second-order valence-electron chi connectivity index (χ2n) is 4.95. The topological polar surface area (TPSA) is 27.1 Å². The first-order valence-electron chi connectivity index (χ1n) is 6.91. The summed E-state index contributed by atoms with van der Waals surface area (Å²) in [7, 11) is 1.66. The van der Waals surface area contributed by atoms with Crippen LogP contribution in [-0.4, -0.2) is 16.7 Å². The third kappa shape index (κ3) is 2.38. The number of halogens is 1. The fraction of sp³-hybridized carbons (Fsp3) is 0.235. The van der Waals surface area contributed by atoms with Gasteiger partial charge in [0, 0.05) is 0 Å². The van der Waals surface area contributed by atoms with Gasteiger partial charge in [-0.05, 0) is 24.6 Å². The zero-order valence-corrected chi connectivity index (χ0v) is 12.8. The summed E-state index contributed by atoms with van der Waals surface area (Å²) in [5.74, 6) is 2.00. The molecule has 0 saturated heterocycles. The van der Waals surface area contributed by atoms with E-state index in [4.69, 9.17) is 16.3 Å². The van der Waals surface area contributed by atoms with Crippen molar-refractivity contribution in [1.82, 2.24) is 9.55 Å². The van der Waals surface area contributed by atoms with Crippen molar-refractivity contribution in [3.05, 3.63) is 59.9 Å². The van der Waals surface area contributed by atoms with Gasteiger partial charge in [0.25, 0.3) is 0 Å². The SMILES string of the molecule is COc1cccc2c1nc(CCl)n2C(C)c1ccccc1. The normalized spacial score (nSPS) is 12.5. The van der Waals surface area contributed by atoms with Gasteiger partial charge in [-0.3, -0.25) is 0 Å². The molecule has 1 atom stereocenters. The molecule has 108 valence electrons. The van der Waals surface area contributed by atoms with E-state index in [1.807, 2.05) is 30.3 Å². The molecule has 0 saturated carbocycles. The number of ether oxygens (including phenoxy) is 1. The first kappa shape index (κ1) is 14.0. The van der Waals surface area contributed by atoms with Crippen LogP contribution >= 0.6 is 11.6 Å². The molecule has 0 radical (unpaired) electrons. The Bertz CT molecular complexity index is 752. The number of nitrogens with zero attached hydrogens (tertiary/aromatic N) is 2. The van der Waals surface area contributed by atoms with Gasteiger partial charge < -0.3 is 9.30 Å². The zero-order chi connectivity index (χ0) is 14.8. The van der Waals surface area contributed by atoms with Crippen LogP contribution in [0.5, 0.6) is 5.75 Å². The van der Waals surface area contributed by atoms with Gasteiger partial charge in [-0.15, -0.1) is 11.6 Å². The molecule has 0 fully saturated rings. The molecule has 1 unspecified atom stereocenters. The predicted molar refractivity (Wildman–Crippen MR) is 86.1 cm³/mol. The van der Waals surface area contributed by atoms with Gasteiger partial charge in [-0.2, -0.15) is 0 Å². The van der Waals surface area contributed by atoms with Crippen molar-refractivity contribution in [3.63, 3.8) is 0 Å². The average Bonchev–Trinajstić information content (AvgIpc) is 2.93. The Balaban J connectivity index is 2.21. The van der Waals surface area contributed by atoms with Crippen molar-refractivity contribution in [1.29, 1.82) is 0 Å². The number of imidazole rings is 1. The summed E-state index contributed by atoms with van der Waals surface area (Å²) in [6, 6.07) is 16.5. The smallest absolute Gasteiger partial charge is 0.146 e. The van der Waals surface area contributed by atoms with Crippen molar-refractivity contribution in [3.8, 4) is 5.75 Å². The first-order valence-corrected chi connectivity index (χ1v) is 7.44. The maximum Gasteiger partial charge on any atom is 0.146 e. The number of benzene rings is 2. The van der Waals surface area contributed by atoms with Crippen molar-refractivity contribution >= 4 is 22.6 Å². The molecule has 0 aliphatic rings. The average molecular weight is 301 g/mol. The number of methoxy groups -OCH3 is 1. The van der Waals surface area contributed by atoms with Gasteiger partial charge in [0.2, 0.25) is 0 Å². The molecule has 1 aromatic heterocycles. The second kappa shape index (κ2) is 5.78. The minimum atomic E-state index is 0.164. The van der Waals surface area contributed by atoms with E-state index in [1.165, 1.54) is 5.56 Å². The standard InChI is InChI=1S/C17H17ClN2O/c1-12(13-7-4-3-5-8-13)20-14-9-6-10-15(21-2)17(14)19-16(20)11-18/h3-10,12H,11H2,1-2H3. The predicted octanol–water partition coefficient (Wildman–Crippen LogP) is 4.39. The van der Waals surface area contributed by atoms with Gasteiger partial charge in [-0.1, -0.05) is 36.4 Å². The third-order valence-corrected chi connectivity index (χ3v) is 4.00. The molecule has 0 spiro atoms. The van der Waals surface area contributed by atoms with E-state index < -0.39 is 0 Å². The summed E-state index contributed by atoms with van der Waals surface area (Å²) in [6.45, 7) is 2.16. The highest BCUT2D eigenvalue weighted by molar-refractivity contribution is 6.16. The lowest BCUT2D eigenvalue weighted by molar-refractivity contribution is 0.419. The highest BCUT2D eigenvalue weighted by Crippen LogP contribution is 2.31.